The van der Waals surface area contributed by atoms with Crippen molar-refractivity contribution in [3.63, 3.8) is 0 Å². The Morgan fingerprint density at radius 1 is 1.35 bits per heavy atom. The van der Waals surface area contributed by atoms with Crippen LogP contribution in [-0.2, 0) is 0 Å². The number of amidine groups is 1. The van der Waals surface area contributed by atoms with Gasteiger partial charge in [-0.1, -0.05) is 40.7 Å². The van der Waals surface area contributed by atoms with E-state index in [0.29, 0.717) is 0 Å². The number of rotatable bonds is 1. The van der Waals surface area contributed by atoms with E-state index in [0.717, 1.165) is 27.0 Å². The molecule has 3 rings (SSSR count). The van der Waals surface area contributed by atoms with Gasteiger partial charge in [0, 0.05) is 15.9 Å². The minimum Gasteiger partial charge on any atom is -0.335 e. The first-order valence-corrected chi connectivity index (χ1v) is 9.10. The Morgan fingerprint density at radius 3 is 2.80 bits per heavy atom. The Morgan fingerprint density at radius 2 is 2.10 bits per heavy atom. The highest BCUT2D eigenvalue weighted by Crippen LogP contribution is 2.41. The summed E-state index contributed by atoms with van der Waals surface area (Å²) < 4.78 is 1.15. The molecule has 0 bridgehead atoms. The van der Waals surface area contributed by atoms with Crippen LogP contribution >= 0.6 is 27.7 Å². The lowest BCUT2D eigenvalue weighted by Gasteiger charge is -2.32. The van der Waals surface area contributed by atoms with Gasteiger partial charge in [-0.3, -0.25) is 4.99 Å². The fourth-order valence-corrected chi connectivity index (χ4v) is 4.48. The van der Waals surface area contributed by atoms with Crippen LogP contribution in [0.4, 0.5) is 5.69 Å². The lowest BCUT2D eigenvalue weighted by molar-refractivity contribution is 0.273. The van der Waals surface area contributed by atoms with E-state index in [1.807, 2.05) is 11.8 Å². The molecule has 108 valence electrons. The SMILES string of the molecule is Cc1ccc(NC2=NC3(CCC(C)CC3)CS2)cc1Br. The van der Waals surface area contributed by atoms with Gasteiger partial charge in [-0.2, -0.15) is 0 Å². The zero-order valence-corrected chi connectivity index (χ0v) is 14.5. The number of anilines is 1. The van der Waals surface area contributed by atoms with E-state index >= 15 is 0 Å². The minimum atomic E-state index is 0.224. The highest BCUT2D eigenvalue weighted by Gasteiger charge is 2.38. The number of hydrogen-bond donors (Lipinski definition) is 1. The zero-order valence-electron chi connectivity index (χ0n) is 12.1. The van der Waals surface area contributed by atoms with Crippen molar-refractivity contribution in [3.8, 4) is 0 Å². The first-order chi connectivity index (χ1) is 9.56. The van der Waals surface area contributed by atoms with Gasteiger partial charge in [-0.15, -0.1) is 0 Å². The molecule has 0 aromatic heterocycles. The van der Waals surface area contributed by atoms with E-state index < -0.39 is 0 Å². The van der Waals surface area contributed by atoms with E-state index in [1.54, 1.807) is 0 Å². The Kier molecular flexibility index (Phi) is 4.14. The Hall–Kier alpha value is -0.480. The van der Waals surface area contributed by atoms with Crippen LogP contribution in [0.1, 0.15) is 38.2 Å². The fraction of sp³-hybridized carbons (Fsp3) is 0.562. The number of halogens is 1. The van der Waals surface area contributed by atoms with Crippen molar-refractivity contribution in [2.75, 3.05) is 11.1 Å². The first kappa shape index (κ1) is 14.5. The Labute approximate surface area is 134 Å². The van der Waals surface area contributed by atoms with Crippen LogP contribution in [0.3, 0.4) is 0 Å². The summed E-state index contributed by atoms with van der Waals surface area (Å²) in [5.74, 6) is 2.03. The molecular weight excluding hydrogens is 332 g/mol. The van der Waals surface area contributed by atoms with Crippen molar-refractivity contribution in [1.29, 1.82) is 0 Å². The molecule has 1 N–H and O–H groups in total. The molecule has 2 nitrogen and oxygen atoms in total. The second kappa shape index (κ2) is 5.72. The van der Waals surface area contributed by atoms with Crippen LogP contribution in [0.2, 0.25) is 0 Å². The lowest BCUT2D eigenvalue weighted by atomic mass is 9.79. The third-order valence-corrected chi connectivity index (χ3v) is 6.45. The highest BCUT2D eigenvalue weighted by molar-refractivity contribution is 9.10. The number of hydrogen-bond acceptors (Lipinski definition) is 3. The quantitative estimate of drug-likeness (QED) is 0.748. The fourth-order valence-electron chi connectivity index (χ4n) is 2.90. The molecule has 1 heterocycles. The van der Waals surface area contributed by atoms with Gasteiger partial charge >= 0.3 is 0 Å². The van der Waals surface area contributed by atoms with Gasteiger partial charge in [-0.05, 0) is 56.2 Å². The van der Waals surface area contributed by atoms with Gasteiger partial charge in [0.25, 0.3) is 0 Å². The van der Waals surface area contributed by atoms with E-state index in [-0.39, 0.29) is 5.54 Å². The predicted octanol–water partition coefficient (Wildman–Crippen LogP) is 5.22. The molecule has 1 aromatic rings. The van der Waals surface area contributed by atoms with Crippen molar-refractivity contribution >= 4 is 38.5 Å². The molecule has 0 atom stereocenters. The summed E-state index contributed by atoms with van der Waals surface area (Å²) in [6.07, 6.45) is 5.16. The Bertz CT molecular complexity index is 533. The second-order valence-corrected chi connectivity index (χ2v) is 8.02. The van der Waals surface area contributed by atoms with Crippen LogP contribution < -0.4 is 5.32 Å². The van der Waals surface area contributed by atoms with Gasteiger partial charge in [0.05, 0.1) is 5.54 Å². The number of aryl methyl sites for hydroxylation is 1. The average Bonchev–Trinajstić information content (AvgIpc) is 2.81. The van der Waals surface area contributed by atoms with Crippen LogP contribution in [0, 0.1) is 12.8 Å². The summed E-state index contributed by atoms with van der Waals surface area (Å²) in [5.41, 5.74) is 2.60. The summed E-state index contributed by atoms with van der Waals surface area (Å²) in [7, 11) is 0. The number of benzene rings is 1. The maximum atomic E-state index is 5.01. The third-order valence-electron chi connectivity index (χ3n) is 4.44. The molecule has 1 saturated carbocycles. The normalized spacial score (nSPS) is 29.6. The van der Waals surface area contributed by atoms with Crippen molar-refractivity contribution in [2.24, 2.45) is 10.9 Å². The number of aliphatic imine (C=N–C) groups is 1. The third kappa shape index (κ3) is 3.06. The average molecular weight is 353 g/mol. The molecule has 2 aliphatic rings. The molecule has 0 radical (unpaired) electrons. The van der Waals surface area contributed by atoms with Crippen LogP contribution in [-0.4, -0.2) is 16.5 Å². The Balaban J connectivity index is 1.71. The minimum absolute atomic E-state index is 0.224. The van der Waals surface area contributed by atoms with Crippen LogP contribution in [0.15, 0.2) is 27.7 Å². The summed E-state index contributed by atoms with van der Waals surface area (Å²) in [4.78, 5) is 5.01. The molecule has 0 amide bonds. The van der Waals surface area contributed by atoms with Gasteiger partial charge in [-0.25, -0.2) is 0 Å². The van der Waals surface area contributed by atoms with Crippen molar-refractivity contribution in [1.82, 2.24) is 0 Å². The largest absolute Gasteiger partial charge is 0.335 e. The van der Waals surface area contributed by atoms with Crippen molar-refractivity contribution < 1.29 is 0 Å². The molecule has 1 aliphatic heterocycles. The zero-order chi connectivity index (χ0) is 14.2. The number of thioether (sulfide) groups is 1. The van der Waals surface area contributed by atoms with Gasteiger partial charge < -0.3 is 5.32 Å². The van der Waals surface area contributed by atoms with Crippen molar-refractivity contribution in [3.05, 3.63) is 28.2 Å². The van der Waals surface area contributed by atoms with E-state index in [1.165, 1.54) is 31.2 Å². The molecule has 4 heteroatoms. The van der Waals surface area contributed by atoms with Gasteiger partial charge in [0.2, 0.25) is 0 Å². The molecule has 1 aromatic carbocycles. The standard InChI is InChI=1S/C16H21BrN2S/c1-11-5-7-16(8-6-11)10-20-15(19-16)18-13-4-3-12(2)14(17)9-13/h3-4,9,11H,5-8,10H2,1-2H3,(H,18,19). The highest BCUT2D eigenvalue weighted by atomic mass is 79.9. The van der Waals surface area contributed by atoms with Crippen LogP contribution in [0.5, 0.6) is 0 Å². The van der Waals surface area contributed by atoms with E-state index in [9.17, 15) is 0 Å². The summed E-state index contributed by atoms with van der Waals surface area (Å²) in [6, 6.07) is 6.38. The monoisotopic (exact) mass is 352 g/mol. The summed E-state index contributed by atoms with van der Waals surface area (Å²) >= 11 is 5.46. The smallest absolute Gasteiger partial charge is 0.161 e. The molecule has 1 spiro atoms. The van der Waals surface area contributed by atoms with Gasteiger partial charge in [0.1, 0.15) is 0 Å². The summed E-state index contributed by atoms with van der Waals surface area (Å²) in [6.45, 7) is 4.47. The molecule has 1 fully saturated rings. The predicted molar refractivity (Wildman–Crippen MR) is 92.8 cm³/mol. The molecule has 20 heavy (non-hydrogen) atoms. The van der Waals surface area contributed by atoms with E-state index in [2.05, 4.69) is 53.3 Å². The molecule has 0 unspecified atom stereocenters. The lowest BCUT2D eigenvalue weighted by Crippen LogP contribution is -2.32. The number of nitrogens with zero attached hydrogens (tertiary/aromatic N) is 1. The number of nitrogens with one attached hydrogen (secondary N) is 1. The van der Waals surface area contributed by atoms with Crippen molar-refractivity contribution in [2.45, 2.75) is 45.1 Å². The molecule has 0 saturated heterocycles. The van der Waals surface area contributed by atoms with Gasteiger partial charge in [0.15, 0.2) is 5.17 Å². The maximum absolute atomic E-state index is 5.01. The first-order valence-electron chi connectivity index (χ1n) is 7.32. The molecule has 1 aliphatic carbocycles. The molecular formula is C16H21BrN2S. The second-order valence-electron chi connectivity index (χ2n) is 6.20. The maximum Gasteiger partial charge on any atom is 0.161 e. The van der Waals surface area contributed by atoms with Crippen LogP contribution in [0.25, 0.3) is 0 Å². The van der Waals surface area contributed by atoms with E-state index in [4.69, 9.17) is 4.99 Å². The summed E-state index contributed by atoms with van der Waals surface area (Å²) in [5, 5.41) is 4.57. The topological polar surface area (TPSA) is 24.4 Å².